The normalized spacial score (nSPS) is 20.9. The number of likely N-dealkylation sites (N-methyl/N-ethyl adjacent to an activating group) is 1. The van der Waals surface area contributed by atoms with Crippen molar-refractivity contribution in [2.24, 2.45) is 0 Å². The van der Waals surface area contributed by atoms with Gasteiger partial charge in [0, 0.05) is 52.4 Å². The van der Waals surface area contributed by atoms with Gasteiger partial charge in [0.15, 0.2) is 0 Å². The lowest BCUT2D eigenvalue weighted by Gasteiger charge is -2.36. The molecule has 2 fully saturated rings. The summed E-state index contributed by atoms with van der Waals surface area (Å²) in [5.41, 5.74) is 0. The van der Waals surface area contributed by atoms with Gasteiger partial charge in [0.05, 0.1) is 6.54 Å². The molecule has 0 aromatic heterocycles. The van der Waals surface area contributed by atoms with Gasteiger partial charge in [0.25, 0.3) is 5.91 Å². The maximum atomic E-state index is 12.3. The largest absolute Gasteiger partial charge is 0.339 e. The molecule has 6 nitrogen and oxygen atoms in total. The number of piperazine rings is 2. The van der Waals surface area contributed by atoms with Crippen LogP contribution in [0, 0.1) is 11.8 Å². The third kappa shape index (κ3) is 4.45. The highest BCUT2D eigenvalue weighted by Gasteiger charge is 2.24. The van der Waals surface area contributed by atoms with E-state index in [4.69, 9.17) is 0 Å². The summed E-state index contributed by atoms with van der Waals surface area (Å²) in [5.74, 6) is 5.30. The average molecular weight is 292 g/mol. The van der Waals surface area contributed by atoms with Crippen LogP contribution < -0.4 is 0 Å². The van der Waals surface area contributed by atoms with E-state index in [0.717, 1.165) is 39.3 Å². The second-order valence-corrected chi connectivity index (χ2v) is 5.63. The van der Waals surface area contributed by atoms with E-state index in [-0.39, 0.29) is 11.8 Å². The van der Waals surface area contributed by atoms with Crippen LogP contribution >= 0.6 is 0 Å². The Hall–Kier alpha value is -1.58. The molecule has 0 saturated carbocycles. The Kier molecular flexibility index (Phi) is 5.59. The number of hydrogen-bond donors (Lipinski definition) is 0. The van der Waals surface area contributed by atoms with Crippen LogP contribution in [0.2, 0.25) is 0 Å². The zero-order chi connectivity index (χ0) is 15.2. The maximum absolute atomic E-state index is 12.3. The van der Waals surface area contributed by atoms with Gasteiger partial charge in [-0.15, -0.1) is 0 Å². The zero-order valence-electron chi connectivity index (χ0n) is 13.0. The van der Waals surface area contributed by atoms with Gasteiger partial charge in [0.2, 0.25) is 5.91 Å². The molecule has 2 rings (SSSR count). The molecule has 2 heterocycles. The first-order chi connectivity index (χ1) is 10.1. The van der Waals surface area contributed by atoms with E-state index in [1.54, 1.807) is 11.8 Å². The predicted octanol–water partition coefficient (Wildman–Crippen LogP) is -1.07. The van der Waals surface area contributed by atoms with Crippen LogP contribution in [0.15, 0.2) is 0 Å². The Balaban J connectivity index is 1.74. The van der Waals surface area contributed by atoms with Crippen LogP contribution in [-0.2, 0) is 9.59 Å². The van der Waals surface area contributed by atoms with Gasteiger partial charge in [-0.1, -0.05) is 5.92 Å². The third-order valence-electron chi connectivity index (χ3n) is 4.11. The van der Waals surface area contributed by atoms with E-state index in [1.165, 1.54) is 0 Å². The zero-order valence-corrected chi connectivity index (χ0v) is 13.0. The summed E-state index contributed by atoms with van der Waals surface area (Å²) in [6.07, 6.45) is 0. The highest BCUT2D eigenvalue weighted by molar-refractivity contribution is 5.93. The molecule has 6 heteroatoms. The quantitative estimate of drug-likeness (QED) is 0.608. The molecule has 2 amide bonds. The lowest BCUT2D eigenvalue weighted by molar-refractivity contribution is -0.134. The van der Waals surface area contributed by atoms with Crippen molar-refractivity contribution in [1.29, 1.82) is 0 Å². The average Bonchev–Trinajstić information content (AvgIpc) is 2.49. The fraction of sp³-hybridized carbons (Fsp3) is 0.733. The Morgan fingerprint density at radius 3 is 2.05 bits per heavy atom. The number of rotatable bonds is 2. The monoisotopic (exact) mass is 292 g/mol. The standard InChI is InChI=1S/C15H24N4O2/c1-3-4-14(20)18-11-7-17(8-12-18)13-15(21)19-9-5-16(2)6-10-19/h5-13H2,1-2H3. The van der Waals surface area contributed by atoms with Gasteiger partial charge in [-0.05, 0) is 19.9 Å². The van der Waals surface area contributed by atoms with Crippen molar-refractivity contribution >= 4 is 11.8 Å². The number of hydrogen-bond acceptors (Lipinski definition) is 4. The van der Waals surface area contributed by atoms with Crippen molar-refractivity contribution in [1.82, 2.24) is 19.6 Å². The van der Waals surface area contributed by atoms with Crippen molar-refractivity contribution in [3.63, 3.8) is 0 Å². The highest BCUT2D eigenvalue weighted by Crippen LogP contribution is 2.05. The van der Waals surface area contributed by atoms with Crippen LogP contribution in [0.4, 0.5) is 0 Å². The van der Waals surface area contributed by atoms with Crippen molar-refractivity contribution in [3.8, 4) is 11.8 Å². The summed E-state index contributed by atoms with van der Waals surface area (Å²) >= 11 is 0. The second-order valence-electron chi connectivity index (χ2n) is 5.63. The Bertz CT molecular complexity index is 438. The van der Waals surface area contributed by atoms with E-state index in [0.29, 0.717) is 19.6 Å². The highest BCUT2D eigenvalue weighted by atomic mass is 16.2. The fourth-order valence-corrected chi connectivity index (χ4v) is 2.64. The van der Waals surface area contributed by atoms with Gasteiger partial charge in [-0.25, -0.2) is 0 Å². The molecule has 21 heavy (non-hydrogen) atoms. The molecule has 0 aliphatic carbocycles. The summed E-state index contributed by atoms with van der Waals surface area (Å²) in [5, 5.41) is 0. The number of nitrogens with zero attached hydrogens (tertiary/aromatic N) is 4. The molecule has 2 aliphatic heterocycles. The van der Waals surface area contributed by atoms with Gasteiger partial charge in [-0.3, -0.25) is 14.5 Å². The number of amides is 2. The van der Waals surface area contributed by atoms with Crippen molar-refractivity contribution in [2.75, 3.05) is 66.0 Å². The van der Waals surface area contributed by atoms with Gasteiger partial charge in [0.1, 0.15) is 0 Å². The number of carbonyl (C=O) groups is 2. The molecule has 116 valence electrons. The summed E-state index contributed by atoms with van der Waals surface area (Å²) in [4.78, 5) is 32.0. The van der Waals surface area contributed by atoms with Crippen molar-refractivity contribution in [3.05, 3.63) is 0 Å². The molecule has 0 aromatic rings. The summed E-state index contributed by atoms with van der Waals surface area (Å²) in [6.45, 7) is 8.47. The summed E-state index contributed by atoms with van der Waals surface area (Å²) in [6, 6.07) is 0. The molecule has 0 aromatic carbocycles. The van der Waals surface area contributed by atoms with E-state index in [2.05, 4.69) is 28.7 Å². The maximum Gasteiger partial charge on any atom is 0.298 e. The van der Waals surface area contributed by atoms with E-state index in [9.17, 15) is 9.59 Å². The molecule has 0 radical (unpaired) electrons. The fourth-order valence-electron chi connectivity index (χ4n) is 2.64. The minimum absolute atomic E-state index is 0.109. The molecule has 0 atom stereocenters. The minimum Gasteiger partial charge on any atom is -0.339 e. The lowest BCUT2D eigenvalue weighted by atomic mass is 10.2. The molecule has 0 spiro atoms. The molecule has 2 aliphatic rings. The molecular weight excluding hydrogens is 268 g/mol. The van der Waals surface area contributed by atoms with Crippen molar-refractivity contribution in [2.45, 2.75) is 6.92 Å². The second kappa shape index (κ2) is 7.43. The summed E-state index contributed by atoms with van der Waals surface area (Å²) in [7, 11) is 2.08. The third-order valence-corrected chi connectivity index (χ3v) is 4.11. The van der Waals surface area contributed by atoms with Crippen LogP contribution in [0.25, 0.3) is 0 Å². The Morgan fingerprint density at radius 2 is 1.48 bits per heavy atom. The molecule has 2 saturated heterocycles. The molecular formula is C15H24N4O2. The first-order valence-corrected chi connectivity index (χ1v) is 7.50. The van der Waals surface area contributed by atoms with E-state index >= 15 is 0 Å². The first-order valence-electron chi connectivity index (χ1n) is 7.50. The van der Waals surface area contributed by atoms with Crippen molar-refractivity contribution < 1.29 is 9.59 Å². The Morgan fingerprint density at radius 1 is 0.905 bits per heavy atom. The summed E-state index contributed by atoms with van der Waals surface area (Å²) < 4.78 is 0. The predicted molar refractivity (Wildman–Crippen MR) is 80.5 cm³/mol. The first kappa shape index (κ1) is 15.8. The van der Waals surface area contributed by atoms with Gasteiger partial charge < -0.3 is 14.7 Å². The molecule has 0 unspecified atom stereocenters. The van der Waals surface area contributed by atoms with E-state index in [1.807, 2.05) is 4.90 Å². The molecule has 0 bridgehead atoms. The topological polar surface area (TPSA) is 47.1 Å². The Labute approximate surface area is 126 Å². The SMILES string of the molecule is CC#CC(=O)N1CCN(CC(=O)N2CCN(C)CC2)CC1. The van der Waals surface area contributed by atoms with E-state index < -0.39 is 0 Å². The van der Waals surface area contributed by atoms with Crippen LogP contribution in [0.3, 0.4) is 0 Å². The lowest BCUT2D eigenvalue weighted by Crippen LogP contribution is -2.53. The van der Waals surface area contributed by atoms with Crippen LogP contribution in [0.1, 0.15) is 6.92 Å². The van der Waals surface area contributed by atoms with Gasteiger partial charge in [-0.2, -0.15) is 0 Å². The smallest absolute Gasteiger partial charge is 0.298 e. The van der Waals surface area contributed by atoms with Crippen LogP contribution in [0.5, 0.6) is 0 Å². The van der Waals surface area contributed by atoms with Gasteiger partial charge >= 0.3 is 0 Å². The molecule has 0 N–H and O–H groups in total. The number of carbonyl (C=O) groups excluding carboxylic acids is 2. The minimum atomic E-state index is -0.109. The van der Waals surface area contributed by atoms with Crippen LogP contribution in [-0.4, -0.2) is 97.4 Å².